The van der Waals surface area contributed by atoms with E-state index in [0.717, 1.165) is 43.7 Å². The minimum absolute atomic E-state index is 0.190. The van der Waals surface area contributed by atoms with Crippen molar-refractivity contribution in [3.8, 4) is 5.75 Å². The molecule has 0 bridgehead atoms. The number of benzene rings is 2. The van der Waals surface area contributed by atoms with Crippen LogP contribution in [0.25, 0.3) is 10.9 Å². The molecule has 1 saturated heterocycles. The van der Waals surface area contributed by atoms with Crippen LogP contribution in [0.1, 0.15) is 29.9 Å². The van der Waals surface area contributed by atoms with E-state index in [-0.39, 0.29) is 11.4 Å². The molecule has 1 aliphatic rings. The summed E-state index contributed by atoms with van der Waals surface area (Å²) >= 11 is 0. The van der Waals surface area contributed by atoms with Gasteiger partial charge < -0.3 is 14.6 Å². The van der Waals surface area contributed by atoms with Gasteiger partial charge in [0.05, 0.1) is 19.2 Å². The van der Waals surface area contributed by atoms with E-state index in [1.807, 2.05) is 24.3 Å². The maximum absolute atomic E-state index is 13.4. The lowest BCUT2D eigenvalue weighted by Gasteiger charge is -2.38. The normalized spacial score (nSPS) is 16.0. The predicted octanol–water partition coefficient (Wildman–Crippen LogP) is 2.44. The third-order valence-corrected chi connectivity index (χ3v) is 6.65. The molecule has 0 unspecified atom stereocenters. The van der Waals surface area contributed by atoms with Gasteiger partial charge in [0.2, 0.25) is 0 Å². The van der Waals surface area contributed by atoms with Crippen molar-refractivity contribution in [2.24, 2.45) is 0 Å². The number of hydrogen-bond donors (Lipinski definition) is 1. The van der Waals surface area contributed by atoms with Crippen molar-refractivity contribution >= 4 is 10.9 Å². The number of methoxy groups -OCH3 is 1. The van der Waals surface area contributed by atoms with E-state index in [1.165, 1.54) is 12.1 Å². The number of nitrogens with one attached hydrogen (secondary N) is 1. The van der Waals surface area contributed by atoms with Crippen LogP contribution >= 0.6 is 0 Å². The van der Waals surface area contributed by atoms with E-state index in [4.69, 9.17) is 4.74 Å². The zero-order valence-corrected chi connectivity index (χ0v) is 19.8. The Hall–Kier alpha value is -3.63. The summed E-state index contributed by atoms with van der Waals surface area (Å²) in [5, 5.41) is 13.4. The minimum Gasteiger partial charge on any atom is -0.497 e. The van der Waals surface area contributed by atoms with Crippen LogP contribution < -0.4 is 10.3 Å². The number of H-pyrrole nitrogens is 1. The fourth-order valence-corrected chi connectivity index (χ4v) is 4.65. The number of aromatic nitrogens is 5. The molecule has 0 radical (unpaired) electrons. The number of tetrazole rings is 1. The molecule has 1 fully saturated rings. The first-order valence-electron chi connectivity index (χ1n) is 11.7. The fourth-order valence-electron chi connectivity index (χ4n) is 4.65. The third kappa shape index (κ3) is 4.80. The second-order valence-corrected chi connectivity index (χ2v) is 8.70. The topological polar surface area (TPSA) is 92.2 Å². The molecule has 182 valence electrons. The Morgan fingerprint density at radius 1 is 1.09 bits per heavy atom. The average Bonchev–Trinajstić information content (AvgIpc) is 3.33. The van der Waals surface area contributed by atoms with Crippen molar-refractivity contribution < 1.29 is 9.13 Å². The molecule has 2 aromatic heterocycles. The van der Waals surface area contributed by atoms with Crippen molar-refractivity contribution in [2.75, 3.05) is 39.8 Å². The number of piperazine rings is 1. The summed E-state index contributed by atoms with van der Waals surface area (Å²) in [7, 11) is 1.60. The molecule has 10 heteroatoms. The van der Waals surface area contributed by atoms with Crippen molar-refractivity contribution in [3.63, 3.8) is 0 Å². The monoisotopic (exact) mass is 477 g/mol. The van der Waals surface area contributed by atoms with E-state index >= 15 is 0 Å². The van der Waals surface area contributed by atoms with Gasteiger partial charge in [0.15, 0.2) is 5.82 Å². The SMILES string of the molecule is CCN1CCN([C@@H](c2cc3ccc(OC)cc3[nH]c2=O)c2nnnn2Cc2ccc(F)cc2)CC1. The van der Waals surface area contributed by atoms with Gasteiger partial charge in [-0.1, -0.05) is 19.1 Å². The van der Waals surface area contributed by atoms with Crippen molar-refractivity contribution in [1.82, 2.24) is 35.0 Å². The van der Waals surface area contributed by atoms with Gasteiger partial charge in [0, 0.05) is 37.8 Å². The molecule has 35 heavy (non-hydrogen) atoms. The highest BCUT2D eigenvalue weighted by molar-refractivity contribution is 5.80. The zero-order chi connectivity index (χ0) is 24.4. The van der Waals surface area contributed by atoms with Gasteiger partial charge >= 0.3 is 0 Å². The Morgan fingerprint density at radius 3 is 2.57 bits per heavy atom. The number of likely N-dealkylation sites (N-methyl/N-ethyl adjacent to an activating group) is 1. The summed E-state index contributed by atoms with van der Waals surface area (Å²) in [5.41, 5.74) is 1.97. The van der Waals surface area contributed by atoms with Crippen molar-refractivity contribution in [1.29, 1.82) is 0 Å². The van der Waals surface area contributed by atoms with Gasteiger partial charge in [0.1, 0.15) is 17.6 Å². The summed E-state index contributed by atoms with van der Waals surface area (Å²) in [5.74, 6) is 0.964. The predicted molar refractivity (Wildman–Crippen MR) is 130 cm³/mol. The van der Waals surface area contributed by atoms with Crippen LogP contribution in [0.5, 0.6) is 5.75 Å². The zero-order valence-electron chi connectivity index (χ0n) is 19.8. The second-order valence-electron chi connectivity index (χ2n) is 8.70. The van der Waals surface area contributed by atoms with Crippen LogP contribution in [0.2, 0.25) is 0 Å². The standard InChI is InChI=1S/C25H28FN7O2/c1-3-31-10-12-32(13-11-31)23(21-14-18-6-9-20(35-2)15-22(18)27-25(21)34)24-28-29-30-33(24)16-17-4-7-19(26)8-5-17/h4-9,14-15,23H,3,10-13,16H2,1-2H3,(H,27,34)/t23-/m0/s1. The fraction of sp³-hybridized carbons (Fsp3) is 0.360. The van der Waals surface area contributed by atoms with Gasteiger partial charge in [-0.25, -0.2) is 9.07 Å². The molecule has 3 heterocycles. The molecule has 0 amide bonds. The summed E-state index contributed by atoms with van der Waals surface area (Å²) < 4.78 is 20.4. The van der Waals surface area contributed by atoms with E-state index in [0.29, 0.717) is 29.2 Å². The van der Waals surface area contributed by atoms with Gasteiger partial charge in [-0.3, -0.25) is 9.69 Å². The van der Waals surface area contributed by atoms with Crippen LogP contribution in [0, 0.1) is 5.82 Å². The lowest BCUT2D eigenvalue weighted by Crippen LogP contribution is -2.49. The maximum atomic E-state index is 13.4. The highest BCUT2D eigenvalue weighted by Gasteiger charge is 2.32. The van der Waals surface area contributed by atoms with Crippen LogP contribution in [0.15, 0.2) is 53.3 Å². The Morgan fingerprint density at radius 2 is 1.86 bits per heavy atom. The number of ether oxygens (including phenoxy) is 1. The number of halogens is 1. The Labute approximate surface area is 202 Å². The van der Waals surface area contributed by atoms with Crippen LogP contribution in [-0.4, -0.2) is 74.8 Å². The molecule has 5 rings (SSSR count). The van der Waals surface area contributed by atoms with E-state index < -0.39 is 6.04 Å². The largest absolute Gasteiger partial charge is 0.497 e. The Bertz CT molecular complexity index is 1360. The molecular weight excluding hydrogens is 449 g/mol. The molecular formula is C25H28FN7O2. The molecule has 0 saturated carbocycles. The van der Waals surface area contributed by atoms with Crippen LogP contribution in [0.4, 0.5) is 4.39 Å². The number of hydrogen-bond acceptors (Lipinski definition) is 7. The summed E-state index contributed by atoms with van der Waals surface area (Å²) in [4.78, 5) is 21.0. The van der Waals surface area contributed by atoms with Crippen LogP contribution in [0.3, 0.4) is 0 Å². The van der Waals surface area contributed by atoms with Gasteiger partial charge in [0.25, 0.3) is 5.56 Å². The number of nitrogens with zero attached hydrogens (tertiary/aromatic N) is 6. The molecule has 2 aromatic carbocycles. The molecule has 1 aliphatic heterocycles. The van der Waals surface area contributed by atoms with Gasteiger partial charge in [-0.15, -0.1) is 5.10 Å². The Kier molecular flexibility index (Phi) is 6.56. The highest BCUT2D eigenvalue weighted by atomic mass is 19.1. The summed E-state index contributed by atoms with van der Waals surface area (Å²) in [6.07, 6.45) is 0. The smallest absolute Gasteiger partial charge is 0.253 e. The van der Waals surface area contributed by atoms with E-state index in [2.05, 4.69) is 37.2 Å². The summed E-state index contributed by atoms with van der Waals surface area (Å²) in [6, 6.07) is 13.4. The highest BCUT2D eigenvalue weighted by Crippen LogP contribution is 2.29. The quantitative estimate of drug-likeness (QED) is 0.437. The lowest BCUT2D eigenvalue weighted by atomic mass is 10.0. The molecule has 0 aliphatic carbocycles. The number of aromatic amines is 1. The van der Waals surface area contributed by atoms with Crippen LogP contribution in [-0.2, 0) is 6.54 Å². The number of pyridine rings is 1. The first-order chi connectivity index (χ1) is 17.1. The third-order valence-electron chi connectivity index (χ3n) is 6.65. The lowest BCUT2D eigenvalue weighted by molar-refractivity contribution is 0.108. The van der Waals surface area contributed by atoms with E-state index in [9.17, 15) is 9.18 Å². The average molecular weight is 478 g/mol. The molecule has 1 atom stereocenters. The second kappa shape index (κ2) is 9.93. The summed E-state index contributed by atoms with van der Waals surface area (Å²) in [6.45, 7) is 6.86. The minimum atomic E-state index is -0.431. The molecule has 1 N–H and O–H groups in total. The molecule has 9 nitrogen and oxygen atoms in total. The Balaban J connectivity index is 1.58. The van der Waals surface area contributed by atoms with Crippen molar-refractivity contribution in [2.45, 2.75) is 19.5 Å². The van der Waals surface area contributed by atoms with Gasteiger partial charge in [-0.2, -0.15) is 0 Å². The molecule has 0 spiro atoms. The first kappa shape index (κ1) is 23.1. The van der Waals surface area contributed by atoms with E-state index in [1.54, 1.807) is 23.9 Å². The maximum Gasteiger partial charge on any atom is 0.253 e. The molecule has 4 aromatic rings. The van der Waals surface area contributed by atoms with Gasteiger partial charge in [-0.05, 0) is 58.3 Å². The number of rotatable bonds is 7. The van der Waals surface area contributed by atoms with Crippen molar-refractivity contribution in [3.05, 3.63) is 81.7 Å². The first-order valence-corrected chi connectivity index (χ1v) is 11.7. The number of fused-ring (bicyclic) bond motifs is 1.